The molecule has 4 saturated carbocycles. The van der Waals surface area contributed by atoms with E-state index >= 15 is 0 Å². The number of fused-ring (bicyclic) bond motifs is 4. The van der Waals surface area contributed by atoms with E-state index in [9.17, 15) is 0 Å². The Morgan fingerprint density at radius 1 is 0.788 bits per heavy atom. The maximum Gasteiger partial charge on any atom is 0.0132 e. The fourth-order valence-corrected chi connectivity index (χ4v) is 10.5. The fourth-order valence-electron chi connectivity index (χ4n) is 10.5. The summed E-state index contributed by atoms with van der Waals surface area (Å²) in [5, 5.41) is 7.92. The minimum Gasteiger partial charge on any atom is -0.317 e. The van der Waals surface area contributed by atoms with Crippen molar-refractivity contribution in [2.75, 3.05) is 19.6 Å². The van der Waals surface area contributed by atoms with Crippen LogP contribution in [0.25, 0.3) is 0 Å². The molecule has 0 aromatic carbocycles. The highest BCUT2D eigenvalue weighted by molar-refractivity contribution is 5.07. The molecule has 2 nitrogen and oxygen atoms in total. The first-order chi connectivity index (χ1) is 15.7. The Bertz CT molecular complexity index is 662. The summed E-state index contributed by atoms with van der Waals surface area (Å²) in [5.74, 6) is 8.50. The molecule has 2 heteroatoms. The number of piperidine rings is 1. The van der Waals surface area contributed by atoms with Crippen LogP contribution in [0.5, 0.6) is 0 Å². The first-order valence-corrected chi connectivity index (χ1v) is 15.1. The van der Waals surface area contributed by atoms with Gasteiger partial charge in [-0.25, -0.2) is 0 Å². The Morgan fingerprint density at radius 3 is 2.03 bits per heavy atom. The molecule has 190 valence electrons. The van der Waals surface area contributed by atoms with E-state index in [-0.39, 0.29) is 0 Å². The second kappa shape index (κ2) is 9.42. The van der Waals surface area contributed by atoms with Crippen molar-refractivity contribution < 1.29 is 0 Å². The molecule has 4 aliphatic carbocycles. The van der Waals surface area contributed by atoms with E-state index in [0.29, 0.717) is 10.8 Å². The Labute approximate surface area is 206 Å². The molecule has 0 radical (unpaired) electrons. The van der Waals surface area contributed by atoms with Crippen LogP contribution >= 0.6 is 0 Å². The van der Waals surface area contributed by atoms with Crippen LogP contribution in [-0.4, -0.2) is 25.7 Å². The van der Waals surface area contributed by atoms with E-state index in [1.165, 1.54) is 77.4 Å². The molecule has 0 aromatic heterocycles. The molecule has 33 heavy (non-hydrogen) atoms. The first kappa shape index (κ1) is 24.6. The predicted octanol–water partition coefficient (Wildman–Crippen LogP) is 7.14. The van der Waals surface area contributed by atoms with Crippen molar-refractivity contribution in [3.8, 4) is 0 Å². The van der Waals surface area contributed by atoms with Gasteiger partial charge in [0.25, 0.3) is 0 Å². The van der Waals surface area contributed by atoms with Crippen LogP contribution in [-0.2, 0) is 0 Å². The highest BCUT2D eigenvalue weighted by Crippen LogP contribution is 2.62. The Morgan fingerprint density at radius 2 is 1.42 bits per heavy atom. The molecule has 1 heterocycles. The van der Waals surface area contributed by atoms with Gasteiger partial charge in [-0.15, -0.1) is 0 Å². The lowest BCUT2D eigenvalue weighted by Gasteiger charge is -2.47. The van der Waals surface area contributed by atoms with Crippen molar-refractivity contribution in [2.45, 2.75) is 112 Å². The lowest BCUT2D eigenvalue weighted by atomic mass is 9.63. The quantitative estimate of drug-likeness (QED) is 0.385. The number of rotatable bonds is 9. The molecule has 5 fully saturated rings. The molecule has 4 bridgehead atoms. The van der Waals surface area contributed by atoms with Gasteiger partial charge >= 0.3 is 0 Å². The molecule has 1 aliphatic heterocycles. The van der Waals surface area contributed by atoms with Crippen LogP contribution < -0.4 is 10.6 Å². The van der Waals surface area contributed by atoms with Gasteiger partial charge in [-0.05, 0) is 148 Å². The molecule has 0 amide bonds. The molecule has 9 unspecified atom stereocenters. The van der Waals surface area contributed by atoms with Crippen molar-refractivity contribution in [2.24, 2.45) is 64.1 Å². The van der Waals surface area contributed by atoms with E-state index in [0.717, 1.165) is 59.3 Å². The van der Waals surface area contributed by atoms with E-state index in [2.05, 4.69) is 52.2 Å². The zero-order valence-electron chi connectivity index (χ0n) is 23.0. The van der Waals surface area contributed by atoms with Crippen LogP contribution in [0.4, 0.5) is 0 Å². The highest BCUT2D eigenvalue weighted by atomic mass is 15.0. The zero-order valence-corrected chi connectivity index (χ0v) is 23.0. The van der Waals surface area contributed by atoms with Gasteiger partial charge in [0.1, 0.15) is 0 Å². The Kier molecular flexibility index (Phi) is 7.02. The van der Waals surface area contributed by atoms with E-state index in [4.69, 9.17) is 0 Å². The van der Waals surface area contributed by atoms with Crippen molar-refractivity contribution in [1.82, 2.24) is 10.6 Å². The standard InChI is InChI=1S/C31H56N2/c1-20(16-27-23-7-9-25(17-23)30(27,3)4)15-21(2)19-33-29(22-11-13-32-14-12-22)28-24-8-10-26(18-24)31(28,5)6/h20-29,32-33H,7-19H2,1-6H3. The SMILES string of the molecule is CC(CNC(C1CCNCC1)C1C2CCC(C2)C1(C)C)CC(C)CC1C2CCC(C2)C1(C)C. The average molecular weight is 457 g/mol. The van der Waals surface area contributed by atoms with E-state index in [1.807, 2.05) is 0 Å². The molecular formula is C31H56N2. The zero-order chi connectivity index (χ0) is 23.4. The molecule has 5 rings (SSSR count). The summed E-state index contributed by atoms with van der Waals surface area (Å²) >= 11 is 0. The third kappa shape index (κ3) is 4.59. The summed E-state index contributed by atoms with van der Waals surface area (Å²) in [6.45, 7) is 19.3. The van der Waals surface area contributed by atoms with Crippen molar-refractivity contribution >= 4 is 0 Å². The van der Waals surface area contributed by atoms with Gasteiger partial charge < -0.3 is 10.6 Å². The first-order valence-electron chi connectivity index (χ1n) is 15.1. The number of nitrogens with one attached hydrogen (secondary N) is 2. The van der Waals surface area contributed by atoms with Crippen LogP contribution in [0.2, 0.25) is 0 Å². The summed E-state index contributed by atoms with van der Waals surface area (Å²) in [6.07, 6.45) is 14.8. The molecule has 1 saturated heterocycles. The molecule has 5 aliphatic rings. The Hall–Kier alpha value is -0.0800. The third-order valence-electron chi connectivity index (χ3n) is 12.4. The maximum atomic E-state index is 4.29. The van der Waals surface area contributed by atoms with Gasteiger partial charge in [-0.2, -0.15) is 0 Å². The normalized spacial score (nSPS) is 42.0. The molecular weight excluding hydrogens is 400 g/mol. The van der Waals surface area contributed by atoms with E-state index in [1.54, 1.807) is 6.42 Å². The lowest BCUT2D eigenvalue weighted by Crippen LogP contribution is -2.53. The van der Waals surface area contributed by atoms with Crippen molar-refractivity contribution in [3.05, 3.63) is 0 Å². The largest absolute Gasteiger partial charge is 0.317 e. The van der Waals surface area contributed by atoms with E-state index < -0.39 is 0 Å². The minimum atomic E-state index is 0.537. The molecule has 9 atom stereocenters. The molecule has 2 N–H and O–H groups in total. The fraction of sp³-hybridized carbons (Fsp3) is 1.00. The molecule has 0 aromatic rings. The lowest BCUT2D eigenvalue weighted by molar-refractivity contribution is 0.0521. The van der Waals surface area contributed by atoms with Gasteiger partial charge in [0, 0.05) is 6.04 Å². The van der Waals surface area contributed by atoms with Crippen molar-refractivity contribution in [3.63, 3.8) is 0 Å². The predicted molar refractivity (Wildman–Crippen MR) is 141 cm³/mol. The Balaban J connectivity index is 1.18. The van der Waals surface area contributed by atoms with Crippen LogP contribution in [0.15, 0.2) is 0 Å². The van der Waals surface area contributed by atoms with Crippen LogP contribution in [0.3, 0.4) is 0 Å². The topological polar surface area (TPSA) is 24.1 Å². The minimum absolute atomic E-state index is 0.537. The van der Waals surface area contributed by atoms with Crippen LogP contribution in [0, 0.1) is 64.1 Å². The monoisotopic (exact) mass is 456 g/mol. The second-order valence-electron chi connectivity index (χ2n) is 15.0. The number of hydrogen-bond donors (Lipinski definition) is 2. The average Bonchev–Trinajstić information content (AvgIpc) is 3.52. The highest BCUT2D eigenvalue weighted by Gasteiger charge is 2.56. The van der Waals surface area contributed by atoms with Crippen molar-refractivity contribution in [1.29, 1.82) is 0 Å². The third-order valence-corrected chi connectivity index (χ3v) is 12.4. The summed E-state index contributed by atoms with van der Waals surface area (Å²) in [6, 6.07) is 0.750. The van der Waals surface area contributed by atoms with Gasteiger partial charge in [0.15, 0.2) is 0 Å². The summed E-state index contributed by atoms with van der Waals surface area (Å²) in [7, 11) is 0. The molecule has 0 spiro atoms. The summed E-state index contributed by atoms with van der Waals surface area (Å²) in [5.41, 5.74) is 1.14. The van der Waals surface area contributed by atoms with Gasteiger partial charge in [0.05, 0.1) is 0 Å². The summed E-state index contributed by atoms with van der Waals surface area (Å²) < 4.78 is 0. The van der Waals surface area contributed by atoms with Gasteiger partial charge in [-0.1, -0.05) is 41.5 Å². The summed E-state index contributed by atoms with van der Waals surface area (Å²) in [4.78, 5) is 0. The van der Waals surface area contributed by atoms with Gasteiger partial charge in [-0.3, -0.25) is 0 Å². The number of hydrogen-bond acceptors (Lipinski definition) is 2. The smallest absolute Gasteiger partial charge is 0.0132 e. The van der Waals surface area contributed by atoms with Gasteiger partial charge in [0.2, 0.25) is 0 Å². The second-order valence-corrected chi connectivity index (χ2v) is 15.0. The maximum absolute atomic E-state index is 4.29. The van der Waals surface area contributed by atoms with Crippen LogP contribution in [0.1, 0.15) is 106 Å².